The SMILES string of the molecule is C=C(C)COC(=O)c1ccc(CCNS(C)(=O)=O)cc1. The standard InChI is InChI=1S/C14H19NO4S/c1-11(2)10-19-14(16)13-6-4-12(5-7-13)8-9-15-20(3,17)18/h4-7,15H,1,8-10H2,2-3H3. The lowest BCUT2D eigenvalue weighted by molar-refractivity contribution is 0.0540. The molecule has 0 fully saturated rings. The van der Waals surface area contributed by atoms with Gasteiger partial charge >= 0.3 is 5.97 Å². The number of carbonyl (C=O) groups excluding carboxylic acids is 1. The van der Waals surface area contributed by atoms with E-state index in [1.54, 1.807) is 31.2 Å². The van der Waals surface area contributed by atoms with Gasteiger partial charge in [-0.3, -0.25) is 0 Å². The van der Waals surface area contributed by atoms with Crippen molar-refractivity contribution in [3.63, 3.8) is 0 Å². The van der Waals surface area contributed by atoms with E-state index < -0.39 is 16.0 Å². The van der Waals surface area contributed by atoms with E-state index in [0.29, 0.717) is 18.5 Å². The molecule has 1 rings (SSSR count). The van der Waals surface area contributed by atoms with E-state index >= 15 is 0 Å². The summed E-state index contributed by atoms with van der Waals surface area (Å²) in [6.07, 6.45) is 1.68. The highest BCUT2D eigenvalue weighted by Gasteiger charge is 2.07. The van der Waals surface area contributed by atoms with Crippen molar-refractivity contribution in [3.8, 4) is 0 Å². The number of hydrogen-bond acceptors (Lipinski definition) is 4. The maximum Gasteiger partial charge on any atom is 0.338 e. The number of rotatable bonds is 7. The fourth-order valence-corrected chi connectivity index (χ4v) is 1.93. The van der Waals surface area contributed by atoms with Gasteiger partial charge in [-0.25, -0.2) is 17.9 Å². The van der Waals surface area contributed by atoms with Gasteiger partial charge in [-0.2, -0.15) is 0 Å². The molecule has 0 bridgehead atoms. The molecule has 1 aromatic carbocycles. The molecule has 110 valence electrons. The van der Waals surface area contributed by atoms with Crippen molar-refractivity contribution in [3.05, 3.63) is 47.5 Å². The lowest BCUT2D eigenvalue weighted by Crippen LogP contribution is -2.24. The number of ether oxygens (including phenoxy) is 1. The van der Waals surface area contributed by atoms with Gasteiger partial charge in [-0.05, 0) is 36.6 Å². The number of carbonyl (C=O) groups is 1. The number of nitrogens with one attached hydrogen (secondary N) is 1. The molecule has 1 aromatic rings. The Morgan fingerprint density at radius 1 is 1.30 bits per heavy atom. The van der Waals surface area contributed by atoms with Crippen molar-refractivity contribution in [2.75, 3.05) is 19.4 Å². The van der Waals surface area contributed by atoms with Crippen molar-refractivity contribution < 1.29 is 17.9 Å². The van der Waals surface area contributed by atoms with E-state index in [1.807, 2.05) is 0 Å². The second-order valence-electron chi connectivity index (χ2n) is 4.65. The second kappa shape index (κ2) is 7.21. The van der Waals surface area contributed by atoms with E-state index in [4.69, 9.17) is 4.74 Å². The minimum atomic E-state index is -3.16. The first-order valence-electron chi connectivity index (χ1n) is 6.13. The Labute approximate surface area is 119 Å². The number of benzene rings is 1. The minimum absolute atomic E-state index is 0.207. The molecule has 0 aliphatic heterocycles. The Kier molecular flexibility index (Phi) is 5.91. The fourth-order valence-electron chi connectivity index (χ4n) is 1.46. The van der Waals surface area contributed by atoms with Crippen LogP contribution in [0.3, 0.4) is 0 Å². The average molecular weight is 297 g/mol. The quantitative estimate of drug-likeness (QED) is 0.611. The highest BCUT2D eigenvalue weighted by molar-refractivity contribution is 7.88. The Morgan fingerprint density at radius 2 is 1.90 bits per heavy atom. The zero-order chi connectivity index (χ0) is 15.2. The van der Waals surface area contributed by atoms with Gasteiger partial charge in [0, 0.05) is 6.54 Å². The normalized spacial score (nSPS) is 11.1. The zero-order valence-electron chi connectivity index (χ0n) is 11.7. The summed E-state index contributed by atoms with van der Waals surface area (Å²) >= 11 is 0. The van der Waals surface area contributed by atoms with Gasteiger partial charge in [0.1, 0.15) is 6.61 Å². The third kappa shape index (κ3) is 6.49. The third-order valence-corrected chi connectivity index (χ3v) is 3.15. The van der Waals surface area contributed by atoms with E-state index in [-0.39, 0.29) is 6.61 Å². The molecule has 0 heterocycles. The van der Waals surface area contributed by atoms with Crippen LogP contribution in [0.25, 0.3) is 0 Å². The Bertz CT molecular complexity index is 576. The summed E-state index contributed by atoms with van der Waals surface area (Å²) in [5.41, 5.74) is 2.19. The summed E-state index contributed by atoms with van der Waals surface area (Å²) in [4.78, 5) is 11.7. The van der Waals surface area contributed by atoms with Crippen molar-refractivity contribution >= 4 is 16.0 Å². The minimum Gasteiger partial charge on any atom is -0.458 e. The number of hydrogen-bond donors (Lipinski definition) is 1. The molecule has 0 saturated heterocycles. The highest BCUT2D eigenvalue weighted by Crippen LogP contribution is 2.07. The van der Waals surface area contributed by atoms with Crippen LogP contribution in [0.2, 0.25) is 0 Å². The van der Waals surface area contributed by atoms with Gasteiger partial charge in [0.2, 0.25) is 10.0 Å². The van der Waals surface area contributed by atoms with Crippen molar-refractivity contribution in [1.29, 1.82) is 0 Å². The van der Waals surface area contributed by atoms with Gasteiger partial charge in [0.25, 0.3) is 0 Å². The predicted molar refractivity (Wildman–Crippen MR) is 78.1 cm³/mol. The highest BCUT2D eigenvalue weighted by atomic mass is 32.2. The molecule has 20 heavy (non-hydrogen) atoms. The summed E-state index contributed by atoms with van der Waals surface area (Å²) in [5.74, 6) is -0.395. The third-order valence-electron chi connectivity index (χ3n) is 2.42. The Morgan fingerprint density at radius 3 is 2.40 bits per heavy atom. The van der Waals surface area contributed by atoms with Gasteiger partial charge in [-0.15, -0.1) is 0 Å². The summed E-state index contributed by atoms with van der Waals surface area (Å²) in [6, 6.07) is 6.88. The van der Waals surface area contributed by atoms with Crippen molar-refractivity contribution in [2.24, 2.45) is 0 Å². The molecule has 0 aliphatic rings. The van der Waals surface area contributed by atoms with Crippen LogP contribution in [0.5, 0.6) is 0 Å². The molecular formula is C14H19NO4S. The van der Waals surface area contributed by atoms with Crippen LogP contribution in [0.15, 0.2) is 36.4 Å². The Balaban J connectivity index is 2.51. The van der Waals surface area contributed by atoms with Crippen LogP contribution >= 0.6 is 0 Å². The van der Waals surface area contributed by atoms with Crippen LogP contribution in [-0.2, 0) is 21.2 Å². The van der Waals surface area contributed by atoms with Crippen LogP contribution in [0.4, 0.5) is 0 Å². The molecule has 0 aromatic heterocycles. The van der Waals surface area contributed by atoms with Gasteiger partial charge in [0.05, 0.1) is 11.8 Å². The number of esters is 1. The van der Waals surface area contributed by atoms with Gasteiger partial charge in [0.15, 0.2) is 0 Å². The summed E-state index contributed by atoms with van der Waals surface area (Å²) in [7, 11) is -3.16. The second-order valence-corrected chi connectivity index (χ2v) is 6.48. The summed E-state index contributed by atoms with van der Waals surface area (Å²) in [6.45, 7) is 5.98. The molecule has 1 N–H and O–H groups in total. The average Bonchev–Trinajstić information content (AvgIpc) is 2.35. The molecule has 0 saturated carbocycles. The zero-order valence-corrected chi connectivity index (χ0v) is 12.5. The molecular weight excluding hydrogens is 278 g/mol. The van der Waals surface area contributed by atoms with Crippen LogP contribution in [0, 0.1) is 0 Å². The van der Waals surface area contributed by atoms with E-state index in [2.05, 4.69) is 11.3 Å². The van der Waals surface area contributed by atoms with Crippen LogP contribution < -0.4 is 4.72 Å². The summed E-state index contributed by atoms with van der Waals surface area (Å²) < 4.78 is 29.3. The van der Waals surface area contributed by atoms with E-state index in [1.165, 1.54) is 0 Å². The first-order valence-corrected chi connectivity index (χ1v) is 8.02. The van der Waals surface area contributed by atoms with Gasteiger partial charge in [-0.1, -0.05) is 18.7 Å². The fraction of sp³-hybridized carbons (Fsp3) is 0.357. The molecule has 0 amide bonds. The molecule has 0 aliphatic carbocycles. The molecule has 0 atom stereocenters. The molecule has 5 nitrogen and oxygen atoms in total. The smallest absolute Gasteiger partial charge is 0.338 e. The molecule has 0 unspecified atom stereocenters. The first kappa shape index (κ1) is 16.4. The monoisotopic (exact) mass is 297 g/mol. The van der Waals surface area contributed by atoms with E-state index in [9.17, 15) is 13.2 Å². The lowest BCUT2D eigenvalue weighted by Gasteiger charge is -2.06. The van der Waals surface area contributed by atoms with Crippen LogP contribution in [0.1, 0.15) is 22.8 Å². The number of sulfonamides is 1. The van der Waals surface area contributed by atoms with Crippen molar-refractivity contribution in [1.82, 2.24) is 4.72 Å². The van der Waals surface area contributed by atoms with Crippen LogP contribution in [-0.4, -0.2) is 33.8 Å². The topological polar surface area (TPSA) is 72.5 Å². The largest absolute Gasteiger partial charge is 0.458 e. The lowest BCUT2D eigenvalue weighted by atomic mass is 10.1. The maximum absolute atomic E-state index is 11.7. The Hall–Kier alpha value is -1.66. The first-order chi connectivity index (χ1) is 9.28. The van der Waals surface area contributed by atoms with E-state index in [0.717, 1.165) is 17.4 Å². The van der Waals surface area contributed by atoms with Crippen molar-refractivity contribution in [2.45, 2.75) is 13.3 Å². The molecule has 0 radical (unpaired) electrons. The predicted octanol–water partition coefficient (Wildman–Crippen LogP) is 1.51. The molecule has 6 heteroatoms. The van der Waals surface area contributed by atoms with Gasteiger partial charge < -0.3 is 4.74 Å². The maximum atomic E-state index is 11.7. The summed E-state index contributed by atoms with van der Waals surface area (Å²) in [5, 5.41) is 0. The molecule has 0 spiro atoms.